The minimum absolute atomic E-state index is 0. The van der Waals surface area contributed by atoms with Gasteiger partial charge in [-0.3, -0.25) is 0 Å². The zero-order chi connectivity index (χ0) is 9.26. The lowest BCUT2D eigenvalue weighted by molar-refractivity contribution is 0.326. The molecule has 0 atom stereocenters. The molecule has 0 saturated carbocycles. The highest BCUT2D eigenvalue weighted by molar-refractivity contribution is 6.35. The van der Waals surface area contributed by atoms with Crippen LogP contribution in [-0.4, -0.2) is 13.2 Å². The molecule has 0 fully saturated rings. The van der Waals surface area contributed by atoms with Crippen LogP contribution in [0.15, 0.2) is 12.1 Å². The van der Waals surface area contributed by atoms with E-state index in [0.29, 0.717) is 16.7 Å². The van der Waals surface area contributed by atoms with Gasteiger partial charge in [0, 0.05) is 23.7 Å². The Morgan fingerprint density at radius 2 is 2.07 bits per heavy atom. The fourth-order valence-electron chi connectivity index (χ4n) is 1.33. The second kappa shape index (κ2) is 5.08. The molecule has 0 aliphatic carbocycles. The summed E-state index contributed by atoms with van der Waals surface area (Å²) in [7, 11) is 0. The topological polar surface area (TPSA) is 21.3 Å². The van der Waals surface area contributed by atoms with Crippen molar-refractivity contribution >= 4 is 35.6 Å². The Bertz CT molecular complexity index is 330. The Morgan fingerprint density at radius 3 is 2.86 bits per heavy atom. The summed E-state index contributed by atoms with van der Waals surface area (Å²) in [5.74, 6) is 0.794. The van der Waals surface area contributed by atoms with Crippen molar-refractivity contribution < 1.29 is 4.74 Å². The number of hydrogen-bond acceptors (Lipinski definition) is 2. The summed E-state index contributed by atoms with van der Waals surface area (Å²) in [5.41, 5.74) is 0.989. The molecule has 0 amide bonds. The van der Waals surface area contributed by atoms with E-state index in [1.165, 1.54) is 0 Å². The Labute approximate surface area is 98.9 Å². The molecular formula is C9H10Cl3NO. The molecule has 1 aliphatic rings. The summed E-state index contributed by atoms with van der Waals surface area (Å²) < 4.78 is 5.48. The Kier molecular flexibility index (Phi) is 4.32. The maximum absolute atomic E-state index is 6.02. The summed E-state index contributed by atoms with van der Waals surface area (Å²) in [6.07, 6.45) is 0. The molecule has 14 heavy (non-hydrogen) atoms. The molecule has 0 saturated heterocycles. The van der Waals surface area contributed by atoms with E-state index < -0.39 is 0 Å². The van der Waals surface area contributed by atoms with Gasteiger partial charge in [0.1, 0.15) is 12.4 Å². The van der Waals surface area contributed by atoms with Crippen molar-refractivity contribution in [3.63, 3.8) is 0 Å². The second-order valence-corrected chi connectivity index (χ2v) is 3.73. The standard InChI is InChI=1S/C9H9Cl2NO.ClH/c10-6-3-8(11)7-5-12-1-2-13-9(7)4-6;/h3-4,12H,1-2,5H2;1H. The third-order valence-electron chi connectivity index (χ3n) is 1.96. The van der Waals surface area contributed by atoms with Crippen LogP contribution in [0.25, 0.3) is 0 Å². The van der Waals surface area contributed by atoms with Gasteiger partial charge in [-0.15, -0.1) is 12.4 Å². The highest BCUT2D eigenvalue weighted by Gasteiger charge is 2.12. The molecule has 0 spiro atoms. The van der Waals surface area contributed by atoms with E-state index in [9.17, 15) is 0 Å². The average Bonchev–Trinajstić information content (AvgIpc) is 2.28. The van der Waals surface area contributed by atoms with Crippen LogP contribution in [0, 0.1) is 0 Å². The fraction of sp³-hybridized carbons (Fsp3) is 0.333. The minimum atomic E-state index is 0. The highest BCUT2D eigenvalue weighted by Crippen LogP contribution is 2.31. The summed E-state index contributed by atoms with van der Waals surface area (Å²) in [4.78, 5) is 0. The molecule has 2 nitrogen and oxygen atoms in total. The summed E-state index contributed by atoms with van der Waals surface area (Å²) in [6.45, 7) is 2.23. The molecule has 0 unspecified atom stereocenters. The summed E-state index contributed by atoms with van der Waals surface area (Å²) in [6, 6.07) is 3.54. The SMILES string of the molecule is Cl.Clc1cc(Cl)c2c(c1)OCCNC2. The zero-order valence-electron chi connectivity index (χ0n) is 7.35. The highest BCUT2D eigenvalue weighted by atomic mass is 35.5. The molecule has 1 aromatic carbocycles. The molecular weight excluding hydrogens is 244 g/mol. The molecule has 1 heterocycles. The van der Waals surface area contributed by atoms with Gasteiger partial charge in [0.2, 0.25) is 0 Å². The lowest BCUT2D eigenvalue weighted by Crippen LogP contribution is -2.16. The van der Waals surface area contributed by atoms with Gasteiger partial charge in [-0.1, -0.05) is 23.2 Å². The molecule has 2 rings (SSSR count). The lowest BCUT2D eigenvalue weighted by atomic mass is 10.2. The zero-order valence-corrected chi connectivity index (χ0v) is 9.68. The Morgan fingerprint density at radius 1 is 1.29 bits per heavy atom. The molecule has 0 radical (unpaired) electrons. The van der Waals surface area contributed by atoms with Crippen molar-refractivity contribution in [2.75, 3.05) is 13.2 Å². The Balaban J connectivity index is 0.000000980. The van der Waals surface area contributed by atoms with E-state index in [1.54, 1.807) is 12.1 Å². The van der Waals surface area contributed by atoms with Crippen LogP contribution in [-0.2, 0) is 6.54 Å². The third kappa shape index (κ3) is 2.45. The van der Waals surface area contributed by atoms with Gasteiger partial charge in [0.05, 0.1) is 5.02 Å². The average molecular weight is 255 g/mol. The van der Waals surface area contributed by atoms with Crippen molar-refractivity contribution in [1.82, 2.24) is 5.32 Å². The maximum Gasteiger partial charge on any atom is 0.126 e. The lowest BCUT2D eigenvalue weighted by Gasteiger charge is -2.08. The predicted octanol–water partition coefficient (Wildman–Crippen LogP) is 2.90. The van der Waals surface area contributed by atoms with Crippen LogP contribution in [0.1, 0.15) is 5.56 Å². The van der Waals surface area contributed by atoms with E-state index in [1.807, 2.05) is 0 Å². The number of benzene rings is 1. The predicted molar refractivity (Wildman–Crippen MR) is 60.9 cm³/mol. The number of nitrogens with one attached hydrogen (secondary N) is 1. The number of rotatable bonds is 0. The van der Waals surface area contributed by atoms with Crippen LogP contribution in [0.5, 0.6) is 5.75 Å². The smallest absolute Gasteiger partial charge is 0.126 e. The molecule has 0 aromatic heterocycles. The third-order valence-corrected chi connectivity index (χ3v) is 2.51. The number of hydrogen-bond donors (Lipinski definition) is 1. The van der Waals surface area contributed by atoms with Gasteiger partial charge >= 0.3 is 0 Å². The van der Waals surface area contributed by atoms with Crippen molar-refractivity contribution in [3.05, 3.63) is 27.7 Å². The largest absolute Gasteiger partial charge is 0.492 e. The van der Waals surface area contributed by atoms with Gasteiger partial charge in [-0.25, -0.2) is 0 Å². The van der Waals surface area contributed by atoms with Crippen LogP contribution >= 0.6 is 35.6 Å². The maximum atomic E-state index is 6.02. The van der Waals surface area contributed by atoms with E-state index in [-0.39, 0.29) is 12.4 Å². The van der Waals surface area contributed by atoms with Crippen molar-refractivity contribution in [2.45, 2.75) is 6.54 Å². The summed E-state index contributed by atoms with van der Waals surface area (Å²) >= 11 is 11.9. The van der Waals surface area contributed by atoms with Crippen LogP contribution in [0.3, 0.4) is 0 Å². The van der Waals surface area contributed by atoms with Gasteiger partial charge < -0.3 is 10.1 Å². The molecule has 5 heteroatoms. The van der Waals surface area contributed by atoms with E-state index in [0.717, 1.165) is 24.4 Å². The van der Waals surface area contributed by atoms with Crippen LogP contribution in [0.2, 0.25) is 10.0 Å². The molecule has 78 valence electrons. The molecule has 0 bridgehead atoms. The molecule has 1 N–H and O–H groups in total. The van der Waals surface area contributed by atoms with E-state index in [2.05, 4.69) is 5.32 Å². The van der Waals surface area contributed by atoms with E-state index in [4.69, 9.17) is 27.9 Å². The molecule has 1 aromatic rings. The first-order valence-corrected chi connectivity index (χ1v) is 4.84. The normalized spacial score (nSPS) is 14.7. The second-order valence-electron chi connectivity index (χ2n) is 2.89. The number of fused-ring (bicyclic) bond motifs is 1. The minimum Gasteiger partial charge on any atom is -0.492 e. The Hall–Kier alpha value is -0.150. The van der Waals surface area contributed by atoms with Crippen molar-refractivity contribution in [2.24, 2.45) is 0 Å². The van der Waals surface area contributed by atoms with Gasteiger partial charge in [0.15, 0.2) is 0 Å². The first-order valence-electron chi connectivity index (χ1n) is 4.09. The fourth-order valence-corrected chi connectivity index (χ4v) is 1.87. The van der Waals surface area contributed by atoms with Gasteiger partial charge in [0.25, 0.3) is 0 Å². The first kappa shape index (κ1) is 11.9. The monoisotopic (exact) mass is 253 g/mol. The van der Waals surface area contributed by atoms with Crippen molar-refractivity contribution in [3.8, 4) is 5.75 Å². The summed E-state index contributed by atoms with van der Waals surface area (Å²) in [5, 5.41) is 4.49. The van der Waals surface area contributed by atoms with Gasteiger partial charge in [-0.05, 0) is 12.1 Å². The number of halogens is 3. The van der Waals surface area contributed by atoms with E-state index >= 15 is 0 Å². The van der Waals surface area contributed by atoms with Crippen LogP contribution < -0.4 is 10.1 Å². The van der Waals surface area contributed by atoms with Crippen LogP contribution in [0.4, 0.5) is 0 Å². The number of ether oxygens (including phenoxy) is 1. The van der Waals surface area contributed by atoms with Crippen molar-refractivity contribution in [1.29, 1.82) is 0 Å². The quantitative estimate of drug-likeness (QED) is 0.769. The molecule has 1 aliphatic heterocycles. The van der Waals surface area contributed by atoms with Gasteiger partial charge in [-0.2, -0.15) is 0 Å². The first-order chi connectivity index (χ1) is 6.27.